The maximum absolute atomic E-state index is 12.1. The minimum absolute atomic E-state index is 0. The molecule has 66 heavy (non-hydrogen) atoms. The number of rotatable bonds is 0. The molecule has 2 heterocycles. The number of carboxylic acid groups (broad SMARTS) is 1. The summed E-state index contributed by atoms with van der Waals surface area (Å²) in [6, 6.07) is 25.8. The number of nitriles is 3. The first-order valence-electron chi connectivity index (χ1n) is 18.1. The molecule has 6 aromatic carbocycles. The Labute approximate surface area is 372 Å². The summed E-state index contributed by atoms with van der Waals surface area (Å²) in [5.74, 6) is -1.16. The zero-order valence-electron chi connectivity index (χ0n) is 34.0. The average Bonchev–Trinajstić information content (AvgIpc) is 3.32. The number of carboxylic acids is 1. The third-order valence-corrected chi connectivity index (χ3v) is 9.87. The van der Waals surface area contributed by atoms with Gasteiger partial charge in [0.1, 0.15) is 23.9 Å². The fraction of sp³-hybridized carbons (Fsp3) is 0.0217. The summed E-state index contributed by atoms with van der Waals surface area (Å²) in [6.45, 7) is 22.1. The van der Waals surface area contributed by atoms with E-state index in [1.165, 1.54) is 42.5 Å². The molecule has 8 aromatic rings. The van der Waals surface area contributed by atoms with Gasteiger partial charge in [-0.2, -0.15) is 25.7 Å². The second-order valence-electron chi connectivity index (χ2n) is 13.4. The van der Waals surface area contributed by atoms with Gasteiger partial charge in [0, 0.05) is 71.9 Å². The van der Waals surface area contributed by atoms with Crippen LogP contribution in [-0.2, 0) is 4.79 Å². The van der Waals surface area contributed by atoms with Crippen LogP contribution in [-0.4, -0.2) is 31.0 Å². The molecule has 0 bridgehead atoms. The van der Waals surface area contributed by atoms with E-state index in [9.17, 15) is 29.7 Å². The molecule has 1 unspecified atom stereocenters. The topological polar surface area (TPSA) is 329 Å². The van der Waals surface area contributed by atoms with Crippen LogP contribution in [0.5, 0.6) is 0 Å². The van der Waals surface area contributed by atoms with Gasteiger partial charge in [0.05, 0.1) is 11.0 Å². The lowest BCUT2D eigenvalue weighted by molar-refractivity contribution is -0.134. The second-order valence-corrected chi connectivity index (χ2v) is 13.4. The third kappa shape index (κ3) is 7.48. The second kappa shape index (κ2) is 18.5. The first-order valence-corrected chi connectivity index (χ1v) is 18.1. The van der Waals surface area contributed by atoms with Crippen molar-refractivity contribution in [1.82, 2.24) is 26.1 Å². The number of fused-ring (bicyclic) bond motifs is 6. The highest BCUT2D eigenvalue weighted by Crippen LogP contribution is 2.44. The van der Waals surface area contributed by atoms with Crippen molar-refractivity contribution in [2.75, 3.05) is 0 Å². The molecule has 19 nitrogen and oxygen atoms in total. The Hall–Kier alpha value is -10.1. The van der Waals surface area contributed by atoms with Gasteiger partial charge in [-0.3, -0.25) is 24.0 Å². The molecule has 0 aliphatic heterocycles. The van der Waals surface area contributed by atoms with E-state index in [1.54, 1.807) is 0 Å². The van der Waals surface area contributed by atoms with Crippen molar-refractivity contribution < 1.29 is 9.90 Å². The summed E-state index contributed by atoms with van der Waals surface area (Å²) in [5, 5.41) is 39.9. The number of hydrogen-bond acceptors (Lipinski definition) is 15. The number of nitrogens with two attached hydrogens (primary N) is 2. The maximum atomic E-state index is 12.1. The van der Waals surface area contributed by atoms with E-state index in [0.29, 0.717) is 33.2 Å². The molecule has 0 saturated carbocycles. The van der Waals surface area contributed by atoms with Gasteiger partial charge in [0.25, 0.3) is 23.4 Å². The van der Waals surface area contributed by atoms with Crippen LogP contribution in [0.1, 0.15) is 18.3 Å². The Balaban J connectivity index is 0.000000205. The summed E-state index contributed by atoms with van der Waals surface area (Å²) < 4.78 is 0. The maximum Gasteiger partial charge on any atom is 0.300 e. The molecular weight excluding hydrogens is 862 g/mol. The van der Waals surface area contributed by atoms with Crippen LogP contribution in [0.15, 0.2) is 103 Å². The molecule has 2 aliphatic rings. The van der Waals surface area contributed by atoms with Gasteiger partial charge >= 0.3 is 0 Å². The fourth-order valence-electron chi connectivity index (χ4n) is 7.35. The number of carbonyl (C=O) groups is 1. The molecular formula is C46H26N13O6P. The Morgan fingerprint density at radius 2 is 0.848 bits per heavy atom. The fourth-order valence-corrected chi connectivity index (χ4v) is 7.35. The van der Waals surface area contributed by atoms with Crippen LogP contribution < -0.4 is 39.3 Å². The van der Waals surface area contributed by atoms with Crippen LogP contribution in [0.3, 0.4) is 0 Å². The molecule has 2 aliphatic carbocycles. The molecule has 0 fully saturated rings. The lowest BCUT2D eigenvalue weighted by Crippen LogP contribution is -2.31. The van der Waals surface area contributed by atoms with Gasteiger partial charge in [0.15, 0.2) is 11.4 Å². The minimum Gasteiger partial charge on any atom is -0.481 e. The van der Waals surface area contributed by atoms with E-state index in [2.05, 4.69) is 34.5 Å². The monoisotopic (exact) mass is 887 g/mol. The molecule has 0 amide bonds. The number of benzene rings is 8. The number of hydrogen-bond donors (Lipinski definition) is 4. The van der Waals surface area contributed by atoms with Crippen molar-refractivity contribution in [3.05, 3.63) is 171 Å². The number of allylic oxidation sites excluding steroid dienone is 1. The highest BCUT2D eigenvalue weighted by Gasteiger charge is 2.26. The molecule has 1 atom stereocenters. The van der Waals surface area contributed by atoms with Crippen LogP contribution in [0.4, 0.5) is 11.6 Å². The van der Waals surface area contributed by atoms with Crippen molar-refractivity contribution in [1.29, 1.82) is 15.8 Å². The van der Waals surface area contributed by atoms with E-state index in [1.807, 2.05) is 48.5 Å². The Kier molecular flexibility index (Phi) is 13.1. The van der Waals surface area contributed by atoms with Crippen LogP contribution in [0.25, 0.3) is 102 Å². The average molecular weight is 888 g/mol. The largest absolute Gasteiger partial charge is 0.481 e. The molecule has 0 saturated heterocycles. The Morgan fingerprint density at radius 3 is 1.08 bits per heavy atom. The van der Waals surface area contributed by atoms with Crippen molar-refractivity contribution in [3.8, 4) is 29.3 Å². The molecule has 316 valence electrons. The van der Waals surface area contributed by atoms with Crippen LogP contribution >= 0.6 is 9.90 Å². The van der Waals surface area contributed by atoms with E-state index < -0.39 is 27.7 Å². The lowest BCUT2D eigenvalue weighted by Gasteiger charge is -2.14. The summed E-state index contributed by atoms with van der Waals surface area (Å²) in [4.78, 5) is 84.9. The molecule has 0 radical (unpaired) electrons. The molecule has 2 aromatic heterocycles. The van der Waals surface area contributed by atoms with Crippen molar-refractivity contribution in [3.63, 3.8) is 0 Å². The van der Waals surface area contributed by atoms with Gasteiger partial charge < -0.3 is 37.3 Å². The lowest BCUT2D eigenvalue weighted by atomic mass is 9.87. The van der Waals surface area contributed by atoms with Gasteiger partial charge in [-0.1, -0.05) is 80.4 Å². The number of aromatic nitrogens is 4. The minimum atomic E-state index is -0.833. The molecule has 20 heteroatoms. The molecule has 8 N–H and O–H groups in total. The van der Waals surface area contributed by atoms with E-state index >= 15 is 0 Å². The standard InChI is InChI=1S/C24H6N8.C16H6O4.C4H4N4.C2H4O2.H3N.H3P/c1-27-23-24(28-2)32-22-14-8-4-6-12-18(14)17-11(5-3-7-13(17)21(22)31-23)19-20(12)30-16(10-26)15(9-25)29-19;17-13-7-3-1-4-8-11(7)12-9(15(13)19)5-2-6-10(12)16(20)14(8)18;1-8-4(7)3(6)2-5;1-2(3)4;;/h3-8H;1-6H;6-7H2;1H3,(H,3,4);2*1H3/b;;4-3+;;;. The SMILES string of the molecule is CC(=O)O.N.O=c1c(=O)c2cccc3c2-c2c1cccc2c(=O)c3=O.P.[C-]#[N+]/C(N)=C(/N)C#N.[C-]#[N+]c1nc2c3cccc4c5nc(C#N)c(C#N)nc5c5cccc(c2nc1[N+]#[C-])c5c43. The highest BCUT2D eigenvalue weighted by molar-refractivity contribution is 6.92. The quantitative estimate of drug-likeness (QED) is 0.0339. The van der Waals surface area contributed by atoms with Crippen LogP contribution in [0, 0.1) is 53.7 Å². The zero-order chi connectivity index (χ0) is 46.1. The van der Waals surface area contributed by atoms with Gasteiger partial charge in [-0.15, -0.1) is 9.97 Å². The van der Waals surface area contributed by atoms with Crippen molar-refractivity contribution >= 4 is 103 Å². The van der Waals surface area contributed by atoms with E-state index in [4.69, 9.17) is 46.3 Å². The first-order chi connectivity index (χ1) is 30.8. The number of nitrogens with zero attached hydrogens (tertiary/aromatic N) is 10. The van der Waals surface area contributed by atoms with Gasteiger partial charge in [-0.05, 0) is 12.1 Å². The van der Waals surface area contributed by atoms with E-state index in [-0.39, 0.29) is 72.1 Å². The predicted octanol–water partition coefficient (Wildman–Crippen LogP) is 5.99. The van der Waals surface area contributed by atoms with Crippen LogP contribution in [0.2, 0.25) is 0 Å². The summed E-state index contributed by atoms with van der Waals surface area (Å²) in [5.41, 5.74) is 9.93. The Bertz CT molecular complexity index is 3680. The summed E-state index contributed by atoms with van der Waals surface area (Å²) >= 11 is 0. The van der Waals surface area contributed by atoms with Crippen molar-refractivity contribution in [2.24, 2.45) is 11.5 Å². The normalized spacial score (nSPS) is 10.6. The predicted molar refractivity (Wildman–Crippen MR) is 252 cm³/mol. The molecule has 10 rings (SSSR count). The van der Waals surface area contributed by atoms with Gasteiger partial charge in [-0.25, -0.2) is 9.97 Å². The third-order valence-electron chi connectivity index (χ3n) is 9.87. The molecule has 0 spiro atoms. The smallest absolute Gasteiger partial charge is 0.300 e. The zero-order valence-corrected chi connectivity index (χ0v) is 35.4. The van der Waals surface area contributed by atoms with E-state index in [0.717, 1.165) is 39.2 Å². The summed E-state index contributed by atoms with van der Waals surface area (Å²) in [6.07, 6.45) is 0. The first kappa shape index (κ1) is 46.9. The van der Waals surface area contributed by atoms with Crippen molar-refractivity contribution in [2.45, 2.75) is 6.92 Å². The number of aliphatic carboxylic acids is 1. The summed E-state index contributed by atoms with van der Waals surface area (Å²) in [7, 11) is 0. The Morgan fingerprint density at radius 1 is 0.576 bits per heavy atom. The highest BCUT2D eigenvalue weighted by atomic mass is 31.0. The van der Waals surface area contributed by atoms with Gasteiger partial charge in [0.2, 0.25) is 32.7 Å².